The summed E-state index contributed by atoms with van der Waals surface area (Å²) in [6.07, 6.45) is 4.33. The summed E-state index contributed by atoms with van der Waals surface area (Å²) in [6, 6.07) is 10.4. The standard InChI is InChI=1S/C21H18FN5O2/c1-29-20-12(22)5-4-6-14(20)26-19-17-13(8-9-23-21(17)28)25-18(19)15-11-24-16-7-2-3-10-27(15)16/h2-7,10-11,25-26H,8-9H2,1H3,(H,23,28). The fourth-order valence-corrected chi connectivity index (χ4v) is 3.76. The van der Waals surface area contributed by atoms with E-state index in [-0.39, 0.29) is 11.7 Å². The normalized spacial score (nSPS) is 13.2. The predicted molar refractivity (Wildman–Crippen MR) is 107 cm³/mol. The van der Waals surface area contributed by atoms with Gasteiger partial charge in [-0.05, 0) is 24.3 Å². The van der Waals surface area contributed by atoms with E-state index in [2.05, 4.69) is 20.6 Å². The molecule has 4 heterocycles. The summed E-state index contributed by atoms with van der Waals surface area (Å²) < 4.78 is 21.4. The van der Waals surface area contributed by atoms with Crippen molar-refractivity contribution in [3.05, 3.63) is 65.9 Å². The number of hydrogen-bond acceptors (Lipinski definition) is 4. The number of methoxy groups -OCH3 is 1. The number of pyridine rings is 1. The second-order valence-electron chi connectivity index (χ2n) is 6.75. The van der Waals surface area contributed by atoms with E-state index in [9.17, 15) is 9.18 Å². The molecule has 1 aliphatic rings. The third-order valence-electron chi connectivity index (χ3n) is 5.07. The van der Waals surface area contributed by atoms with Gasteiger partial charge in [0.05, 0.1) is 41.6 Å². The lowest BCUT2D eigenvalue weighted by Gasteiger charge is -2.16. The minimum absolute atomic E-state index is 0.0859. The first-order valence-corrected chi connectivity index (χ1v) is 9.22. The highest BCUT2D eigenvalue weighted by atomic mass is 19.1. The summed E-state index contributed by atoms with van der Waals surface area (Å²) in [5.41, 5.74) is 4.62. The summed E-state index contributed by atoms with van der Waals surface area (Å²) >= 11 is 0. The Labute approximate surface area is 165 Å². The number of H-pyrrole nitrogens is 1. The smallest absolute Gasteiger partial charge is 0.255 e. The molecule has 0 radical (unpaired) electrons. The van der Waals surface area contributed by atoms with E-state index >= 15 is 0 Å². The Kier molecular flexibility index (Phi) is 3.97. The molecule has 7 nitrogen and oxygen atoms in total. The zero-order valence-corrected chi connectivity index (χ0v) is 15.6. The molecule has 0 unspecified atom stereocenters. The Hall–Kier alpha value is -3.81. The van der Waals surface area contributed by atoms with Crippen LogP contribution in [0.4, 0.5) is 15.8 Å². The van der Waals surface area contributed by atoms with E-state index in [1.165, 1.54) is 13.2 Å². The van der Waals surface area contributed by atoms with Gasteiger partial charge in [0.15, 0.2) is 11.6 Å². The Morgan fingerprint density at radius 3 is 3.00 bits per heavy atom. The zero-order chi connectivity index (χ0) is 20.0. The van der Waals surface area contributed by atoms with Crippen LogP contribution in [0.2, 0.25) is 0 Å². The zero-order valence-electron chi connectivity index (χ0n) is 15.6. The highest BCUT2D eigenvalue weighted by Gasteiger charge is 2.28. The summed E-state index contributed by atoms with van der Waals surface area (Å²) in [5.74, 6) is -0.578. The van der Waals surface area contributed by atoms with Gasteiger partial charge in [-0.1, -0.05) is 12.1 Å². The van der Waals surface area contributed by atoms with Gasteiger partial charge in [-0.3, -0.25) is 9.20 Å². The van der Waals surface area contributed by atoms with Crippen molar-refractivity contribution in [2.24, 2.45) is 0 Å². The van der Waals surface area contributed by atoms with Crippen LogP contribution in [0.1, 0.15) is 16.1 Å². The first kappa shape index (κ1) is 17.3. The van der Waals surface area contributed by atoms with E-state index in [1.54, 1.807) is 18.3 Å². The van der Waals surface area contributed by atoms with Crippen molar-refractivity contribution in [1.29, 1.82) is 0 Å². The molecular weight excluding hydrogens is 373 g/mol. The van der Waals surface area contributed by atoms with Crippen molar-refractivity contribution in [2.75, 3.05) is 19.0 Å². The molecule has 0 aliphatic carbocycles. The molecule has 4 aromatic rings. The van der Waals surface area contributed by atoms with Crippen molar-refractivity contribution < 1.29 is 13.9 Å². The summed E-state index contributed by atoms with van der Waals surface area (Å²) in [6.45, 7) is 0.557. The van der Waals surface area contributed by atoms with Crippen LogP contribution in [-0.2, 0) is 6.42 Å². The SMILES string of the molecule is COc1c(F)cccc1Nc1c(-c2cnc3ccccn23)[nH]c2c1C(=O)NCC2. The van der Waals surface area contributed by atoms with Crippen LogP contribution in [0.15, 0.2) is 48.8 Å². The molecule has 29 heavy (non-hydrogen) atoms. The second kappa shape index (κ2) is 6.66. The monoisotopic (exact) mass is 391 g/mol. The van der Waals surface area contributed by atoms with Crippen LogP contribution < -0.4 is 15.4 Å². The van der Waals surface area contributed by atoms with Crippen molar-refractivity contribution in [3.63, 3.8) is 0 Å². The molecule has 0 fully saturated rings. The Morgan fingerprint density at radius 2 is 2.14 bits per heavy atom. The molecule has 1 aliphatic heterocycles. The maximum Gasteiger partial charge on any atom is 0.255 e. The number of anilines is 2. The molecule has 0 atom stereocenters. The van der Waals surface area contributed by atoms with Crippen LogP contribution in [-0.4, -0.2) is 33.9 Å². The van der Waals surface area contributed by atoms with Crippen molar-refractivity contribution in [3.8, 4) is 17.1 Å². The summed E-state index contributed by atoms with van der Waals surface area (Å²) in [7, 11) is 1.41. The fourth-order valence-electron chi connectivity index (χ4n) is 3.76. The number of hydrogen-bond donors (Lipinski definition) is 3. The van der Waals surface area contributed by atoms with Crippen molar-refractivity contribution in [2.45, 2.75) is 6.42 Å². The number of para-hydroxylation sites is 1. The molecular formula is C21H18FN5O2. The lowest BCUT2D eigenvalue weighted by Crippen LogP contribution is -2.31. The van der Waals surface area contributed by atoms with Crippen molar-refractivity contribution >= 4 is 22.9 Å². The van der Waals surface area contributed by atoms with Crippen LogP contribution >= 0.6 is 0 Å². The molecule has 0 saturated carbocycles. The molecule has 1 amide bonds. The van der Waals surface area contributed by atoms with Crippen LogP contribution in [0.25, 0.3) is 17.0 Å². The van der Waals surface area contributed by atoms with Crippen LogP contribution in [0, 0.1) is 5.82 Å². The molecule has 0 bridgehead atoms. The molecule has 5 rings (SSSR count). The third kappa shape index (κ3) is 2.72. The molecule has 0 saturated heterocycles. The molecule has 146 valence electrons. The van der Waals surface area contributed by atoms with Crippen LogP contribution in [0.3, 0.4) is 0 Å². The van der Waals surface area contributed by atoms with Crippen molar-refractivity contribution in [1.82, 2.24) is 19.7 Å². The molecule has 3 aromatic heterocycles. The number of nitrogens with one attached hydrogen (secondary N) is 3. The van der Waals surface area contributed by atoms with E-state index in [1.807, 2.05) is 28.8 Å². The lowest BCUT2D eigenvalue weighted by atomic mass is 10.1. The van der Waals surface area contributed by atoms with Gasteiger partial charge in [-0.2, -0.15) is 0 Å². The van der Waals surface area contributed by atoms with E-state index in [4.69, 9.17) is 4.74 Å². The van der Waals surface area contributed by atoms with E-state index in [0.29, 0.717) is 35.6 Å². The number of benzene rings is 1. The molecule has 8 heteroatoms. The largest absolute Gasteiger partial charge is 0.492 e. The topological polar surface area (TPSA) is 83.5 Å². The fraction of sp³-hybridized carbons (Fsp3) is 0.143. The third-order valence-corrected chi connectivity index (χ3v) is 5.07. The van der Waals surface area contributed by atoms with E-state index < -0.39 is 5.82 Å². The minimum atomic E-state index is -0.484. The number of aromatic nitrogens is 3. The number of ether oxygens (including phenoxy) is 1. The van der Waals surface area contributed by atoms with Gasteiger partial charge in [0, 0.05) is 24.9 Å². The highest BCUT2D eigenvalue weighted by molar-refractivity contribution is 6.06. The number of halogens is 1. The number of amides is 1. The Bertz CT molecular complexity index is 1240. The van der Waals surface area contributed by atoms with Gasteiger partial charge in [0.2, 0.25) is 0 Å². The van der Waals surface area contributed by atoms with Gasteiger partial charge in [-0.15, -0.1) is 0 Å². The number of aromatic amines is 1. The number of nitrogens with zero attached hydrogens (tertiary/aromatic N) is 2. The average Bonchev–Trinajstić information content (AvgIpc) is 3.30. The second-order valence-corrected chi connectivity index (χ2v) is 6.75. The molecule has 0 spiro atoms. The summed E-state index contributed by atoms with van der Waals surface area (Å²) in [4.78, 5) is 20.5. The maximum atomic E-state index is 14.2. The van der Waals surface area contributed by atoms with Gasteiger partial charge < -0.3 is 20.4 Å². The number of fused-ring (bicyclic) bond motifs is 2. The number of rotatable bonds is 4. The quantitative estimate of drug-likeness (QED) is 0.497. The van der Waals surface area contributed by atoms with E-state index in [0.717, 1.165) is 17.0 Å². The predicted octanol–water partition coefficient (Wildman–Crippen LogP) is 3.51. The number of carbonyl (C=O) groups is 1. The van der Waals surface area contributed by atoms with Gasteiger partial charge >= 0.3 is 0 Å². The Balaban J connectivity index is 1.73. The lowest BCUT2D eigenvalue weighted by molar-refractivity contribution is 0.0947. The molecule has 1 aromatic carbocycles. The minimum Gasteiger partial charge on any atom is -0.492 e. The van der Waals surface area contributed by atoms with Crippen LogP contribution in [0.5, 0.6) is 5.75 Å². The first-order chi connectivity index (χ1) is 14.2. The maximum absolute atomic E-state index is 14.2. The first-order valence-electron chi connectivity index (χ1n) is 9.22. The van der Waals surface area contributed by atoms with Gasteiger partial charge in [0.25, 0.3) is 5.91 Å². The number of imidazole rings is 1. The summed E-state index contributed by atoms with van der Waals surface area (Å²) in [5, 5.41) is 6.10. The Morgan fingerprint density at radius 1 is 1.24 bits per heavy atom. The van der Waals surface area contributed by atoms with Gasteiger partial charge in [-0.25, -0.2) is 9.37 Å². The average molecular weight is 391 g/mol. The highest BCUT2D eigenvalue weighted by Crippen LogP contribution is 2.39. The molecule has 3 N–H and O–H groups in total. The van der Waals surface area contributed by atoms with Gasteiger partial charge in [0.1, 0.15) is 5.65 Å². The number of carbonyl (C=O) groups excluding carboxylic acids is 1.